The molecule has 1 aromatic heterocycles. The van der Waals surface area contributed by atoms with Gasteiger partial charge in [0.05, 0.1) is 12.0 Å². The molecule has 2 aliphatic heterocycles. The summed E-state index contributed by atoms with van der Waals surface area (Å²) >= 11 is 0. The summed E-state index contributed by atoms with van der Waals surface area (Å²) < 4.78 is 11.4. The van der Waals surface area contributed by atoms with Crippen LogP contribution in [-0.2, 0) is 10.2 Å². The van der Waals surface area contributed by atoms with Crippen LogP contribution in [0.25, 0.3) is 0 Å². The Labute approximate surface area is 126 Å². The van der Waals surface area contributed by atoms with Gasteiger partial charge in [-0.15, -0.1) is 0 Å². The van der Waals surface area contributed by atoms with E-state index < -0.39 is 0 Å². The third kappa shape index (κ3) is 3.27. The molecule has 0 saturated carbocycles. The summed E-state index contributed by atoms with van der Waals surface area (Å²) in [6.45, 7) is 10.1. The summed E-state index contributed by atoms with van der Waals surface area (Å²) in [6.07, 6.45) is 3.35. The van der Waals surface area contributed by atoms with Crippen LogP contribution in [0.3, 0.4) is 0 Å². The number of hydrogen-bond acceptors (Lipinski definition) is 6. The molecular formula is C15H26N4O2. The molecule has 0 radical (unpaired) electrons. The highest BCUT2D eigenvalue weighted by atomic mass is 16.5. The number of hydrogen-bond donors (Lipinski definition) is 1. The van der Waals surface area contributed by atoms with Crippen LogP contribution >= 0.6 is 0 Å². The average molecular weight is 294 g/mol. The number of piperidine rings is 1. The van der Waals surface area contributed by atoms with Crippen LogP contribution in [0.15, 0.2) is 4.52 Å². The molecule has 0 aromatic carbocycles. The molecule has 6 heteroatoms. The molecule has 3 rings (SSSR count). The van der Waals surface area contributed by atoms with Crippen LogP contribution in [0, 0.1) is 0 Å². The summed E-state index contributed by atoms with van der Waals surface area (Å²) in [7, 11) is 0. The van der Waals surface area contributed by atoms with Gasteiger partial charge in [0.15, 0.2) is 0 Å². The van der Waals surface area contributed by atoms with Gasteiger partial charge in [-0.05, 0) is 39.3 Å². The molecular weight excluding hydrogens is 268 g/mol. The highest BCUT2D eigenvalue weighted by Crippen LogP contribution is 2.30. The molecule has 0 aliphatic carbocycles. The molecule has 0 spiro atoms. The lowest BCUT2D eigenvalue weighted by Gasteiger charge is -2.31. The highest BCUT2D eigenvalue weighted by molar-refractivity contribution is 5.07. The monoisotopic (exact) mass is 294 g/mol. The maximum absolute atomic E-state index is 5.83. The zero-order chi connectivity index (χ0) is 14.7. The van der Waals surface area contributed by atoms with Crippen LogP contribution in [0.2, 0.25) is 0 Å². The molecule has 1 N–H and O–H groups in total. The first-order valence-corrected chi connectivity index (χ1v) is 8.10. The van der Waals surface area contributed by atoms with E-state index in [9.17, 15) is 0 Å². The van der Waals surface area contributed by atoms with Crippen molar-refractivity contribution in [2.24, 2.45) is 0 Å². The number of morpholine rings is 1. The van der Waals surface area contributed by atoms with E-state index in [1.54, 1.807) is 0 Å². The van der Waals surface area contributed by atoms with Gasteiger partial charge in [0, 0.05) is 19.6 Å². The van der Waals surface area contributed by atoms with Gasteiger partial charge in [-0.3, -0.25) is 4.90 Å². The quantitative estimate of drug-likeness (QED) is 0.908. The molecule has 118 valence electrons. The fourth-order valence-corrected chi connectivity index (χ4v) is 3.23. The van der Waals surface area contributed by atoms with E-state index in [1.165, 1.54) is 0 Å². The highest BCUT2D eigenvalue weighted by Gasteiger charge is 2.36. The van der Waals surface area contributed by atoms with Gasteiger partial charge in [0.2, 0.25) is 11.7 Å². The molecule has 3 heterocycles. The van der Waals surface area contributed by atoms with Crippen LogP contribution in [-0.4, -0.2) is 54.4 Å². The number of nitrogens with zero attached hydrogens (tertiary/aromatic N) is 3. The van der Waals surface area contributed by atoms with Gasteiger partial charge in [-0.25, -0.2) is 0 Å². The Morgan fingerprint density at radius 3 is 3.14 bits per heavy atom. The van der Waals surface area contributed by atoms with Gasteiger partial charge in [0.25, 0.3) is 0 Å². The number of ether oxygens (including phenoxy) is 1. The second-order valence-corrected chi connectivity index (χ2v) is 6.46. The van der Waals surface area contributed by atoms with E-state index in [0.29, 0.717) is 5.82 Å². The van der Waals surface area contributed by atoms with Crippen molar-refractivity contribution in [2.75, 3.05) is 39.3 Å². The molecule has 0 bridgehead atoms. The summed E-state index contributed by atoms with van der Waals surface area (Å²) in [4.78, 5) is 7.07. The third-order valence-electron chi connectivity index (χ3n) is 4.53. The molecule has 2 aliphatic rings. The van der Waals surface area contributed by atoms with Crippen molar-refractivity contribution >= 4 is 0 Å². The minimum absolute atomic E-state index is 0.0404. The predicted octanol–water partition coefficient (Wildman–Crippen LogP) is 1.49. The zero-order valence-electron chi connectivity index (χ0n) is 13.1. The zero-order valence-corrected chi connectivity index (χ0v) is 13.1. The molecule has 21 heavy (non-hydrogen) atoms. The second kappa shape index (κ2) is 6.42. The van der Waals surface area contributed by atoms with E-state index in [2.05, 4.69) is 34.2 Å². The topological polar surface area (TPSA) is 63.4 Å². The van der Waals surface area contributed by atoms with E-state index in [-0.39, 0.29) is 11.5 Å². The lowest BCUT2D eigenvalue weighted by molar-refractivity contribution is -0.0350. The van der Waals surface area contributed by atoms with Crippen LogP contribution in [0.5, 0.6) is 0 Å². The van der Waals surface area contributed by atoms with E-state index >= 15 is 0 Å². The van der Waals surface area contributed by atoms with Crippen LogP contribution in [0.1, 0.15) is 50.9 Å². The standard InChI is InChI=1S/C15H26N4O2/c1-3-7-19-8-9-20-12(10-19)13-17-14(21-18-13)15(2)5-4-6-16-11-15/h12,16H,3-11H2,1-2H3. The minimum atomic E-state index is -0.0528. The molecule has 0 amide bonds. The van der Waals surface area contributed by atoms with Gasteiger partial charge in [-0.2, -0.15) is 4.98 Å². The lowest BCUT2D eigenvalue weighted by atomic mass is 9.83. The minimum Gasteiger partial charge on any atom is -0.367 e. The van der Waals surface area contributed by atoms with Crippen molar-refractivity contribution in [2.45, 2.75) is 44.6 Å². The van der Waals surface area contributed by atoms with Crippen molar-refractivity contribution in [3.8, 4) is 0 Å². The fourth-order valence-electron chi connectivity index (χ4n) is 3.23. The fraction of sp³-hybridized carbons (Fsp3) is 0.867. The van der Waals surface area contributed by atoms with Gasteiger partial charge in [0.1, 0.15) is 6.10 Å². The largest absolute Gasteiger partial charge is 0.367 e. The predicted molar refractivity (Wildman–Crippen MR) is 79.2 cm³/mol. The number of rotatable bonds is 4. The lowest BCUT2D eigenvalue weighted by Crippen LogP contribution is -2.41. The van der Waals surface area contributed by atoms with Crippen LogP contribution < -0.4 is 5.32 Å². The first kappa shape index (κ1) is 14.9. The number of aromatic nitrogens is 2. The Balaban J connectivity index is 1.69. The summed E-state index contributed by atoms with van der Waals surface area (Å²) in [5.41, 5.74) is -0.0404. The average Bonchev–Trinajstić information content (AvgIpc) is 2.99. The summed E-state index contributed by atoms with van der Waals surface area (Å²) in [6, 6.07) is 0. The molecule has 2 unspecified atom stereocenters. The normalized spacial score (nSPS) is 31.4. The van der Waals surface area contributed by atoms with Gasteiger partial charge < -0.3 is 14.6 Å². The van der Waals surface area contributed by atoms with Gasteiger partial charge >= 0.3 is 0 Å². The third-order valence-corrected chi connectivity index (χ3v) is 4.53. The molecule has 2 saturated heterocycles. The van der Waals surface area contributed by atoms with E-state index in [1.807, 2.05) is 0 Å². The van der Waals surface area contributed by atoms with Crippen molar-refractivity contribution in [3.05, 3.63) is 11.7 Å². The van der Waals surface area contributed by atoms with Crippen molar-refractivity contribution < 1.29 is 9.26 Å². The second-order valence-electron chi connectivity index (χ2n) is 6.46. The molecule has 6 nitrogen and oxygen atoms in total. The Kier molecular flexibility index (Phi) is 4.57. The molecule has 2 atom stereocenters. The molecule has 1 aromatic rings. The first-order chi connectivity index (χ1) is 10.2. The molecule has 2 fully saturated rings. The Bertz CT molecular complexity index is 454. The van der Waals surface area contributed by atoms with E-state index in [0.717, 1.165) is 64.5 Å². The van der Waals surface area contributed by atoms with Crippen molar-refractivity contribution in [1.29, 1.82) is 0 Å². The van der Waals surface area contributed by atoms with Crippen molar-refractivity contribution in [1.82, 2.24) is 20.4 Å². The maximum Gasteiger partial charge on any atom is 0.233 e. The summed E-state index contributed by atoms with van der Waals surface area (Å²) in [5, 5.41) is 7.61. The van der Waals surface area contributed by atoms with Crippen molar-refractivity contribution in [3.63, 3.8) is 0 Å². The Morgan fingerprint density at radius 2 is 2.38 bits per heavy atom. The van der Waals surface area contributed by atoms with Crippen LogP contribution in [0.4, 0.5) is 0 Å². The smallest absolute Gasteiger partial charge is 0.233 e. The Morgan fingerprint density at radius 1 is 1.48 bits per heavy atom. The maximum atomic E-state index is 5.83. The SMILES string of the molecule is CCCN1CCOC(c2noc(C3(C)CCCNC3)n2)C1. The van der Waals surface area contributed by atoms with E-state index in [4.69, 9.17) is 9.26 Å². The van der Waals surface area contributed by atoms with Gasteiger partial charge in [-0.1, -0.05) is 12.1 Å². The number of nitrogens with one attached hydrogen (secondary N) is 1. The Hall–Kier alpha value is -0.980. The summed E-state index contributed by atoms with van der Waals surface area (Å²) in [5.74, 6) is 1.46. The first-order valence-electron chi connectivity index (χ1n) is 8.10.